The van der Waals surface area contributed by atoms with Crippen LogP contribution in [-0.4, -0.2) is 48.2 Å². The summed E-state index contributed by atoms with van der Waals surface area (Å²) in [4.78, 5) is 12.4. The van der Waals surface area contributed by atoms with E-state index in [-0.39, 0.29) is 11.8 Å². The molecule has 9 heteroatoms. The van der Waals surface area contributed by atoms with Crippen molar-refractivity contribution < 1.29 is 17.6 Å². The van der Waals surface area contributed by atoms with Gasteiger partial charge in [0.25, 0.3) is 0 Å². The molecule has 0 unspecified atom stereocenters. The molecule has 1 aromatic carbocycles. The number of carbonyl (C=O) groups excluding carboxylic acids is 1. The monoisotopic (exact) mass is 350 g/mol. The number of anilines is 1. The number of piperidine rings is 1. The predicted octanol–water partition coefficient (Wildman–Crippen LogP) is 1.35. The Morgan fingerprint density at radius 1 is 1.33 bits per heavy atom. The van der Waals surface area contributed by atoms with Gasteiger partial charge in [-0.3, -0.25) is 4.79 Å². The van der Waals surface area contributed by atoms with Gasteiger partial charge < -0.3 is 9.73 Å². The van der Waals surface area contributed by atoms with Gasteiger partial charge in [0, 0.05) is 30.3 Å². The van der Waals surface area contributed by atoms with E-state index in [9.17, 15) is 13.2 Å². The van der Waals surface area contributed by atoms with E-state index < -0.39 is 10.0 Å². The first-order valence-electron chi connectivity index (χ1n) is 7.56. The number of benzene rings is 1. The maximum atomic E-state index is 12.4. The third-order valence-electron chi connectivity index (χ3n) is 4.03. The summed E-state index contributed by atoms with van der Waals surface area (Å²) in [5.74, 6) is 0.0773. The predicted molar refractivity (Wildman–Crippen MR) is 87.5 cm³/mol. The minimum Gasteiger partial charge on any atom is -0.423 e. The van der Waals surface area contributed by atoms with Crippen LogP contribution < -0.4 is 5.32 Å². The van der Waals surface area contributed by atoms with E-state index in [2.05, 4.69) is 15.5 Å². The van der Waals surface area contributed by atoms with Crippen molar-refractivity contribution in [3.8, 4) is 11.5 Å². The van der Waals surface area contributed by atoms with E-state index in [0.717, 1.165) is 5.56 Å². The molecular formula is C15H18N4O4S. The number of amides is 1. The molecule has 24 heavy (non-hydrogen) atoms. The third-order valence-corrected chi connectivity index (χ3v) is 5.33. The number of nitrogens with zero attached hydrogens (tertiary/aromatic N) is 3. The fourth-order valence-electron chi connectivity index (χ4n) is 2.72. The first-order chi connectivity index (χ1) is 11.4. The summed E-state index contributed by atoms with van der Waals surface area (Å²) in [5.41, 5.74) is 1.36. The fourth-order valence-corrected chi connectivity index (χ4v) is 3.60. The van der Waals surface area contributed by atoms with Gasteiger partial charge in [0.2, 0.25) is 28.2 Å². The van der Waals surface area contributed by atoms with Gasteiger partial charge in [-0.05, 0) is 31.0 Å². The molecule has 0 saturated carbocycles. The van der Waals surface area contributed by atoms with Crippen molar-refractivity contribution in [1.29, 1.82) is 0 Å². The molecule has 0 radical (unpaired) electrons. The zero-order valence-corrected chi connectivity index (χ0v) is 14.0. The highest BCUT2D eigenvalue weighted by atomic mass is 32.2. The quantitative estimate of drug-likeness (QED) is 0.892. The van der Waals surface area contributed by atoms with E-state index in [0.29, 0.717) is 37.5 Å². The van der Waals surface area contributed by atoms with Crippen LogP contribution in [-0.2, 0) is 14.8 Å². The Kier molecular flexibility index (Phi) is 4.63. The van der Waals surface area contributed by atoms with Gasteiger partial charge in [0.15, 0.2) is 0 Å². The second-order valence-corrected chi connectivity index (χ2v) is 7.73. The second-order valence-electron chi connectivity index (χ2n) is 5.75. The highest BCUT2D eigenvalue weighted by Crippen LogP contribution is 2.23. The topological polar surface area (TPSA) is 105 Å². The maximum absolute atomic E-state index is 12.4. The van der Waals surface area contributed by atoms with E-state index >= 15 is 0 Å². The summed E-state index contributed by atoms with van der Waals surface area (Å²) >= 11 is 0. The van der Waals surface area contributed by atoms with Gasteiger partial charge in [-0.2, -0.15) is 0 Å². The molecule has 8 nitrogen and oxygen atoms in total. The summed E-state index contributed by atoms with van der Waals surface area (Å²) in [6.45, 7) is 0.748. The number of hydrogen-bond acceptors (Lipinski definition) is 6. The molecule has 1 N–H and O–H groups in total. The van der Waals surface area contributed by atoms with E-state index in [1.54, 1.807) is 18.2 Å². The molecule has 0 bridgehead atoms. The average Bonchev–Trinajstić information content (AvgIpc) is 3.09. The SMILES string of the molecule is CS(=O)(=O)N1CCC(C(=O)Nc2cccc(-c3nnco3)c2)CC1. The largest absolute Gasteiger partial charge is 0.423 e. The molecule has 1 aromatic heterocycles. The number of carbonyl (C=O) groups is 1. The molecule has 2 aromatic rings. The van der Waals surface area contributed by atoms with Crippen LogP contribution in [0.5, 0.6) is 0 Å². The summed E-state index contributed by atoms with van der Waals surface area (Å²) in [5, 5.41) is 10.3. The van der Waals surface area contributed by atoms with Gasteiger partial charge in [-0.15, -0.1) is 10.2 Å². The Labute approximate surface area is 139 Å². The summed E-state index contributed by atoms with van der Waals surface area (Å²) < 4.78 is 29.6. The minimum atomic E-state index is -3.19. The van der Waals surface area contributed by atoms with Crippen molar-refractivity contribution in [2.24, 2.45) is 5.92 Å². The summed E-state index contributed by atoms with van der Waals surface area (Å²) in [7, 11) is -3.19. The van der Waals surface area contributed by atoms with Crippen LogP contribution >= 0.6 is 0 Å². The van der Waals surface area contributed by atoms with Crippen molar-refractivity contribution in [1.82, 2.24) is 14.5 Å². The lowest BCUT2D eigenvalue weighted by Crippen LogP contribution is -2.40. The van der Waals surface area contributed by atoms with Gasteiger partial charge in [-0.1, -0.05) is 6.07 Å². The number of sulfonamides is 1. The molecule has 0 atom stereocenters. The Balaban J connectivity index is 1.63. The van der Waals surface area contributed by atoms with Crippen molar-refractivity contribution in [3.63, 3.8) is 0 Å². The molecule has 128 valence electrons. The highest BCUT2D eigenvalue weighted by Gasteiger charge is 2.28. The number of aromatic nitrogens is 2. The van der Waals surface area contributed by atoms with Crippen LogP contribution in [0.3, 0.4) is 0 Å². The van der Waals surface area contributed by atoms with Crippen LogP contribution in [0.4, 0.5) is 5.69 Å². The van der Waals surface area contributed by atoms with Crippen molar-refractivity contribution >= 4 is 21.6 Å². The molecular weight excluding hydrogens is 332 g/mol. The van der Waals surface area contributed by atoms with E-state index in [1.165, 1.54) is 17.0 Å². The van der Waals surface area contributed by atoms with Crippen LogP contribution in [0, 0.1) is 5.92 Å². The first-order valence-corrected chi connectivity index (χ1v) is 9.41. The molecule has 1 aliphatic heterocycles. The zero-order chi connectivity index (χ0) is 17.2. The van der Waals surface area contributed by atoms with Crippen LogP contribution in [0.25, 0.3) is 11.5 Å². The molecule has 1 saturated heterocycles. The van der Waals surface area contributed by atoms with Gasteiger partial charge in [0.1, 0.15) is 0 Å². The summed E-state index contributed by atoms with van der Waals surface area (Å²) in [6.07, 6.45) is 3.47. The molecule has 1 aliphatic rings. The number of nitrogens with one attached hydrogen (secondary N) is 1. The van der Waals surface area contributed by atoms with Crippen molar-refractivity contribution in [2.75, 3.05) is 24.7 Å². The lowest BCUT2D eigenvalue weighted by molar-refractivity contribution is -0.120. The van der Waals surface area contributed by atoms with E-state index in [4.69, 9.17) is 4.42 Å². The van der Waals surface area contributed by atoms with Crippen LogP contribution in [0.1, 0.15) is 12.8 Å². The average molecular weight is 350 g/mol. The van der Waals surface area contributed by atoms with Gasteiger partial charge in [-0.25, -0.2) is 12.7 Å². The highest BCUT2D eigenvalue weighted by molar-refractivity contribution is 7.88. The Hall–Kier alpha value is -2.26. The molecule has 0 aliphatic carbocycles. The normalized spacial score (nSPS) is 16.9. The molecule has 2 heterocycles. The molecule has 0 spiro atoms. The van der Waals surface area contributed by atoms with Gasteiger partial charge >= 0.3 is 0 Å². The van der Waals surface area contributed by atoms with Gasteiger partial charge in [0.05, 0.1) is 6.26 Å². The number of hydrogen-bond donors (Lipinski definition) is 1. The minimum absolute atomic E-state index is 0.106. The van der Waals surface area contributed by atoms with Crippen molar-refractivity contribution in [2.45, 2.75) is 12.8 Å². The van der Waals surface area contributed by atoms with Crippen LogP contribution in [0.2, 0.25) is 0 Å². The smallest absolute Gasteiger partial charge is 0.247 e. The number of rotatable bonds is 4. The Bertz CT molecular complexity index is 812. The third kappa shape index (κ3) is 3.80. The second kappa shape index (κ2) is 6.70. The standard InChI is InChI=1S/C15H18N4O4S/c1-24(21,22)19-7-5-11(6-8-19)14(20)17-13-4-2-3-12(9-13)15-18-16-10-23-15/h2-4,9-11H,5-8H2,1H3,(H,17,20). The summed E-state index contributed by atoms with van der Waals surface area (Å²) in [6, 6.07) is 7.15. The molecule has 1 amide bonds. The lowest BCUT2D eigenvalue weighted by Gasteiger charge is -2.29. The zero-order valence-electron chi connectivity index (χ0n) is 13.2. The first kappa shape index (κ1) is 16.6. The van der Waals surface area contributed by atoms with Crippen molar-refractivity contribution in [3.05, 3.63) is 30.7 Å². The fraction of sp³-hybridized carbons (Fsp3) is 0.400. The maximum Gasteiger partial charge on any atom is 0.247 e. The Morgan fingerprint density at radius 3 is 2.71 bits per heavy atom. The van der Waals surface area contributed by atoms with E-state index in [1.807, 2.05) is 6.07 Å². The lowest BCUT2D eigenvalue weighted by atomic mass is 9.97. The molecule has 1 fully saturated rings. The Morgan fingerprint density at radius 2 is 2.08 bits per heavy atom. The van der Waals surface area contributed by atoms with Crippen LogP contribution in [0.15, 0.2) is 35.1 Å². The molecule has 3 rings (SSSR count).